The van der Waals surface area contributed by atoms with E-state index < -0.39 is 0 Å². The van der Waals surface area contributed by atoms with Crippen LogP contribution in [0, 0.1) is 0 Å². The smallest absolute Gasteiger partial charge is 0.254 e. The van der Waals surface area contributed by atoms with Crippen molar-refractivity contribution in [3.63, 3.8) is 0 Å². The molecule has 4 heterocycles. The van der Waals surface area contributed by atoms with Gasteiger partial charge in [0.05, 0.1) is 0 Å². The van der Waals surface area contributed by atoms with Crippen LogP contribution < -0.4 is 4.90 Å². The zero-order valence-corrected chi connectivity index (χ0v) is 14.1. The monoisotopic (exact) mass is 314 g/mol. The van der Waals surface area contributed by atoms with Gasteiger partial charge in [0.25, 0.3) is 5.78 Å². The minimum absolute atomic E-state index is 0.717. The third-order valence-electron chi connectivity index (χ3n) is 5.51. The standard InChI is InChI=1S/C17H26N6/c1-3-14-11-16(23-17(20-14)18-12-19-23)21-9-6-15(7-10-21)22-8-4-5-13(22)2/h11-13,15H,3-10H2,1-2H3. The normalized spacial score (nSPS) is 23.9. The number of rotatable bonds is 3. The Bertz CT molecular complexity index is 673. The van der Waals surface area contributed by atoms with Gasteiger partial charge in [0.15, 0.2) is 0 Å². The maximum Gasteiger partial charge on any atom is 0.254 e. The Morgan fingerprint density at radius 1 is 1.17 bits per heavy atom. The molecule has 4 rings (SSSR count). The van der Waals surface area contributed by atoms with Crippen LogP contribution in [0.3, 0.4) is 0 Å². The molecular formula is C17H26N6. The van der Waals surface area contributed by atoms with Crippen molar-refractivity contribution in [2.24, 2.45) is 0 Å². The highest BCUT2D eigenvalue weighted by atomic mass is 15.4. The summed E-state index contributed by atoms with van der Waals surface area (Å²) in [6.45, 7) is 8.00. The van der Waals surface area contributed by atoms with Gasteiger partial charge in [-0.05, 0) is 45.6 Å². The molecule has 0 radical (unpaired) electrons. The molecule has 2 aliphatic heterocycles. The van der Waals surface area contributed by atoms with E-state index in [1.165, 1.54) is 32.2 Å². The van der Waals surface area contributed by atoms with Gasteiger partial charge < -0.3 is 4.90 Å². The van der Waals surface area contributed by atoms with Gasteiger partial charge in [-0.1, -0.05) is 6.92 Å². The molecule has 2 saturated heterocycles. The van der Waals surface area contributed by atoms with Crippen LogP contribution in [0.4, 0.5) is 5.82 Å². The van der Waals surface area contributed by atoms with Crippen LogP contribution in [-0.2, 0) is 6.42 Å². The van der Waals surface area contributed by atoms with Crippen LogP contribution in [0.2, 0.25) is 0 Å². The minimum atomic E-state index is 0.717. The summed E-state index contributed by atoms with van der Waals surface area (Å²) < 4.78 is 1.89. The Morgan fingerprint density at radius 3 is 2.70 bits per heavy atom. The summed E-state index contributed by atoms with van der Waals surface area (Å²) >= 11 is 0. The van der Waals surface area contributed by atoms with Crippen molar-refractivity contribution in [1.29, 1.82) is 0 Å². The van der Waals surface area contributed by atoms with E-state index in [1.807, 2.05) is 4.52 Å². The van der Waals surface area contributed by atoms with Crippen molar-refractivity contribution in [3.05, 3.63) is 18.1 Å². The van der Waals surface area contributed by atoms with Crippen LogP contribution in [0.25, 0.3) is 5.78 Å². The van der Waals surface area contributed by atoms with E-state index in [-0.39, 0.29) is 0 Å². The Balaban J connectivity index is 1.53. The number of aromatic nitrogens is 4. The molecule has 2 aromatic rings. The average Bonchev–Trinajstić information content (AvgIpc) is 3.22. The number of aryl methyl sites for hydroxylation is 1. The molecule has 2 aromatic heterocycles. The fraction of sp³-hybridized carbons (Fsp3) is 0.706. The summed E-state index contributed by atoms with van der Waals surface area (Å²) in [5.74, 6) is 1.87. The molecule has 2 aliphatic rings. The van der Waals surface area contributed by atoms with Gasteiger partial charge in [-0.2, -0.15) is 14.6 Å². The number of fused-ring (bicyclic) bond motifs is 1. The molecule has 23 heavy (non-hydrogen) atoms. The largest absolute Gasteiger partial charge is 0.356 e. The van der Waals surface area contributed by atoms with Gasteiger partial charge in [0, 0.05) is 36.9 Å². The molecule has 6 nitrogen and oxygen atoms in total. The lowest BCUT2D eigenvalue weighted by atomic mass is 10.0. The van der Waals surface area contributed by atoms with E-state index in [2.05, 4.69) is 44.8 Å². The van der Waals surface area contributed by atoms with Gasteiger partial charge in [-0.15, -0.1) is 0 Å². The Kier molecular flexibility index (Phi) is 3.93. The van der Waals surface area contributed by atoms with Crippen molar-refractivity contribution in [2.45, 2.75) is 58.0 Å². The zero-order chi connectivity index (χ0) is 15.8. The molecule has 0 aromatic carbocycles. The molecule has 0 bridgehead atoms. The molecule has 1 atom stereocenters. The second-order valence-electron chi connectivity index (χ2n) is 6.88. The van der Waals surface area contributed by atoms with Crippen molar-refractivity contribution < 1.29 is 0 Å². The van der Waals surface area contributed by atoms with Crippen molar-refractivity contribution in [1.82, 2.24) is 24.5 Å². The van der Waals surface area contributed by atoms with E-state index in [0.717, 1.165) is 48.9 Å². The van der Waals surface area contributed by atoms with Crippen LogP contribution in [0.5, 0.6) is 0 Å². The Morgan fingerprint density at radius 2 is 2.00 bits per heavy atom. The first-order valence-electron chi connectivity index (χ1n) is 8.96. The molecule has 0 spiro atoms. The average molecular weight is 314 g/mol. The molecule has 0 saturated carbocycles. The first-order chi connectivity index (χ1) is 11.3. The second-order valence-corrected chi connectivity index (χ2v) is 6.88. The maximum atomic E-state index is 4.55. The number of likely N-dealkylation sites (tertiary alicyclic amines) is 1. The summed E-state index contributed by atoms with van der Waals surface area (Å²) in [4.78, 5) is 14.0. The van der Waals surface area contributed by atoms with Gasteiger partial charge >= 0.3 is 0 Å². The predicted octanol–water partition coefficient (Wildman–Crippen LogP) is 2.14. The Labute approximate surface area is 137 Å². The number of hydrogen-bond donors (Lipinski definition) is 0. The molecule has 6 heteroatoms. The van der Waals surface area contributed by atoms with E-state index >= 15 is 0 Å². The summed E-state index contributed by atoms with van der Waals surface area (Å²) in [7, 11) is 0. The van der Waals surface area contributed by atoms with E-state index in [4.69, 9.17) is 0 Å². The van der Waals surface area contributed by atoms with Crippen molar-refractivity contribution in [2.75, 3.05) is 24.5 Å². The second kappa shape index (κ2) is 6.07. The van der Waals surface area contributed by atoms with Crippen molar-refractivity contribution >= 4 is 11.6 Å². The highest BCUT2D eigenvalue weighted by molar-refractivity contribution is 5.47. The van der Waals surface area contributed by atoms with Gasteiger partial charge in [0.2, 0.25) is 0 Å². The summed E-state index contributed by atoms with van der Waals surface area (Å²) in [5.41, 5.74) is 1.09. The minimum Gasteiger partial charge on any atom is -0.356 e. The summed E-state index contributed by atoms with van der Waals surface area (Å²) in [6, 6.07) is 3.70. The van der Waals surface area contributed by atoms with E-state index in [0.29, 0.717) is 0 Å². The zero-order valence-electron chi connectivity index (χ0n) is 14.1. The van der Waals surface area contributed by atoms with E-state index in [9.17, 15) is 0 Å². The first kappa shape index (κ1) is 14.9. The quantitative estimate of drug-likeness (QED) is 0.869. The molecular weight excluding hydrogens is 288 g/mol. The lowest BCUT2D eigenvalue weighted by Crippen LogP contribution is -2.46. The highest BCUT2D eigenvalue weighted by Gasteiger charge is 2.31. The van der Waals surface area contributed by atoms with Crippen LogP contribution >= 0.6 is 0 Å². The summed E-state index contributed by atoms with van der Waals surface area (Å²) in [6.07, 6.45) is 7.74. The molecule has 0 aliphatic carbocycles. The number of nitrogens with zero attached hydrogens (tertiary/aromatic N) is 6. The lowest BCUT2D eigenvalue weighted by molar-refractivity contribution is 0.163. The number of anilines is 1. The van der Waals surface area contributed by atoms with Gasteiger partial charge in [-0.25, -0.2) is 4.98 Å². The Hall–Kier alpha value is -1.69. The van der Waals surface area contributed by atoms with Crippen LogP contribution in [-0.4, -0.2) is 56.2 Å². The topological polar surface area (TPSA) is 49.6 Å². The molecule has 0 amide bonds. The SMILES string of the molecule is CCc1cc(N2CCC(N3CCCC3C)CC2)n2ncnc2n1. The molecule has 2 fully saturated rings. The van der Waals surface area contributed by atoms with E-state index in [1.54, 1.807) is 6.33 Å². The molecule has 124 valence electrons. The third kappa shape index (κ3) is 2.69. The lowest BCUT2D eigenvalue weighted by Gasteiger charge is -2.39. The van der Waals surface area contributed by atoms with Crippen LogP contribution in [0.15, 0.2) is 12.4 Å². The fourth-order valence-corrected chi connectivity index (χ4v) is 4.18. The van der Waals surface area contributed by atoms with Crippen molar-refractivity contribution in [3.8, 4) is 0 Å². The maximum absolute atomic E-state index is 4.55. The third-order valence-corrected chi connectivity index (χ3v) is 5.51. The predicted molar refractivity (Wildman–Crippen MR) is 90.8 cm³/mol. The number of hydrogen-bond acceptors (Lipinski definition) is 5. The molecule has 1 unspecified atom stereocenters. The highest BCUT2D eigenvalue weighted by Crippen LogP contribution is 2.28. The number of piperidine rings is 1. The van der Waals surface area contributed by atoms with Gasteiger partial charge in [-0.3, -0.25) is 4.90 Å². The van der Waals surface area contributed by atoms with Gasteiger partial charge in [0.1, 0.15) is 12.1 Å². The van der Waals surface area contributed by atoms with Crippen LogP contribution in [0.1, 0.15) is 45.2 Å². The first-order valence-corrected chi connectivity index (χ1v) is 8.96. The summed E-state index contributed by atoms with van der Waals surface area (Å²) in [5, 5.41) is 4.37. The molecule has 0 N–H and O–H groups in total. The fourth-order valence-electron chi connectivity index (χ4n) is 4.18.